The molecule has 2 radical (unpaired) electrons. The van der Waals surface area contributed by atoms with Gasteiger partial charge in [0.25, 0.3) is 5.69 Å². The van der Waals surface area contributed by atoms with E-state index in [-0.39, 0.29) is 22.5 Å². The van der Waals surface area contributed by atoms with Gasteiger partial charge in [0.05, 0.1) is 4.92 Å². The molecule has 1 heterocycles. The first kappa shape index (κ1) is 14.0. The van der Waals surface area contributed by atoms with Crippen LogP contribution in [0.4, 0.5) is 10.1 Å². The van der Waals surface area contributed by atoms with Crippen LogP contribution in [0.25, 0.3) is 11.8 Å². The lowest BCUT2D eigenvalue weighted by atomic mass is 9.93. The van der Waals surface area contributed by atoms with Crippen LogP contribution in [0.2, 0.25) is 0 Å². The van der Waals surface area contributed by atoms with Crippen LogP contribution in [0.1, 0.15) is 21.5 Å². The van der Waals surface area contributed by atoms with Crippen LogP contribution in [0.5, 0.6) is 0 Å². The molecule has 0 bridgehead atoms. The first-order valence-electron chi connectivity index (χ1n) is 6.24. The van der Waals surface area contributed by atoms with Gasteiger partial charge in [-0.15, -0.1) is 0 Å². The predicted molar refractivity (Wildman–Crippen MR) is 78.2 cm³/mol. The summed E-state index contributed by atoms with van der Waals surface area (Å²) in [4.78, 5) is 22.2. The number of carbonyl (C=O) groups excluding carboxylic acids is 1. The third-order valence-corrected chi connectivity index (χ3v) is 3.23. The van der Waals surface area contributed by atoms with Crippen molar-refractivity contribution in [1.29, 1.82) is 0 Å². The molecule has 22 heavy (non-hydrogen) atoms. The molecule has 1 aliphatic rings. The second kappa shape index (κ2) is 5.11. The molecule has 0 saturated heterocycles. The van der Waals surface area contributed by atoms with Gasteiger partial charge in [0.2, 0.25) is 0 Å². The topological polar surface area (TPSA) is 69.4 Å². The van der Waals surface area contributed by atoms with E-state index in [9.17, 15) is 19.3 Å². The van der Waals surface area contributed by atoms with Gasteiger partial charge in [0.1, 0.15) is 25.0 Å². The van der Waals surface area contributed by atoms with Crippen molar-refractivity contribution in [3.8, 4) is 0 Å². The van der Waals surface area contributed by atoms with E-state index in [2.05, 4.69) is 0 Å². The zero-order chi connectivity index (χ0) is 15.9. The van der Waals surface area contributed by atoms with Gasteiger partial charge >= 0.3 is 5.97 Å². The second-order valence-corrected chi connectivity index (χ2v) is 4.64. The molecule has 0 aromatic heterocycles. The molecule has 0 saturated carbocycles. The molecular formula is C15H7BFNO4. The Kier molecular flexibility index (Phi) is 3.25. The van der Waals surface area contributed by atoms with E-state index in [1.807, 2.05) is 0 Å². The lowest BCUT2D eigenvalue weighted by Gasteiger charge is -2.01. The molecule has 7 heteroatoms. The van der Waals surface area contributed by atoms with Crippen molar-refractivity contribution >= 4 is 36.8 Å². The van der Waals surface area contributed by atoms with Gasteiger partial charge in [-0.2, -0.15) is 0 Å². The van der Waals surface area contributed by atoms with Gasteiger partial charge in [-0.05, 0) is 23.8 Å². The first-order chi connectivity index (χ1) is 10.5. The van der Waals surface area contributed by atoms with Gasteiger partial charge in [-0.25, -0.2) is 9.18 Å². The number of rotatable bonds is 2. The number of fused-ring (bicyclic) bond motifs is 1. The summed E-state index contributed by atoms with van der Waals surface area (Å²) in [5.74, 6) is -1.18. The van der Waals surface area contributed by atoms with Crippen molar-refractivity contribution in [2.45, 2.75) is 0 Å². The van der Waals surface area contributed by atoms with Gasteiger partial charge < -0.3 is 4.74 Å². The minimum Gasteiger partial charge on any atom is -0.422 e. The fourth-order valence-corrected chi connectivity index (χ4v) is 2.23. The summed E-state index contributed by atoms with van der Waals surface area (Å²) in [6, 6.07) is 8.27. The average Bonchev–Trinajstić information content (AvgIpc) is 2.79. The number of halogens is 1. The van der Waals surface area contributed by atoms with Crippen molar-refractivity contribution in [3.05, 3.63) is 69.0 Å². The molecular weight excluding hydrogens is 288 g/mol. The number of ether oxygens (including phenoxy) is 1. The Morgan fingerprint density at radius 1 is 1.27 bits per heavy atom. The van der Waals surface area contributed by atoms with E-state index < -0.39 is 16.7 Å². The SMILES string of the molecule is [B]c1cc(/C=C2\OC(=O)c3c2cccc3[N+](=O)[O-])ccc1F. The molecule has 3 rings (SSSR count). The highest BCUT2D eigenvalue weighted by Gasteiger charge is 2.34. The Morgan fingerprint density at radius 2 is 2.05 bits per heavy atom. The smallest absolute Gasteiger partial charge is 0.351 e. The Labute approximate surface area is 125 Å². The highest BCUT2D eigenvalue weighted by Crippen LogP contribution is 2.36. The van der Waals surface area contributed by atoms with Crippen LogP contribution in [-0.4, -0.2) is 18.7 Å². The molecule has 0 atom stereocenters. The van der Waals surface area contributed by atoms with Crippen molar-refractivity contribution in [2.24, 2.45) is 0 Å². The molecule has 106 valence electrons. The van der Waals surface area contributed by atoms with Gasteiger partial charge in [0.15, 0.2) is 0 Å². The van der Waals surface area contributed by atoms with Crippen molar-refractivity contribution in [1.82, 2.24) is 0 Å². The maximum absolute atomic E-state index is 13.1. The van der Waals surface area contributed by atoms with Crippen LogP contribution < -0.4 is 5.46 Å². The summed E-state index contributed by atoms with van der Waals surface area (Å²) in [6.45, 7) is 0. The molecule has 1 aliphatic heterocycles. The third kappa shape index (κ3) is 2.26. The number of hydrogen-bond donors (Lipinski definition) is 0. The maximum Gasteiger partial charge on any atom is 0.351 e. The lowest BCUT2D eigenvalue weighted by molar-refractivity contribution is -0.385. The van der Waals surface area contributed by atoms with Crippen molar-refractivity contribution < 1.29 is 18.8 Å². The van der Waals surface area contributed by atoms with E-state index in [1.54, 1.807) is 6.07 Å². The minimum atomic E-state index is -0.788. The Bertz CT molecular complexity index is 847. The lowest BCUT2D eigenvalue weighted by Crippen LogP contribution is -2.07. The fraction of sp³-hybridized carbons (Fsp3) is 0. The molecule has 5 nitrogen and oxygen atoms in total. The number of nitrogens with zero attached hydrogens (tertiary/aromatic N) is 1. The summed E-state index contributed by atoms with van der Waals surface area (Å²) < 4.78 is 18.2. The zero-order valence-corrected chi connectivity index (χ0v) is 11.1. The van der Waals surface area contributed by atoms with E-state index in [0.29, 0.717) is 11.1 Å². The zero-order valence-electron chi connectivity index (χ0n) is 11.1. The van der Waals surface area contributed by atoms with E-state index >= 15 is 0 Å². The van der Waals surface area contributed by atoms with Crippen molar-refractivity contribution in [2.75, 3.05) is 0 Å². The maximum atomic E-state index is 13.1. The summed E-state index contributed by atoms with van der Waals surface area (Å²) in [7, 11) is 5.48. The van der Waals surface area contributed by atoms with Crippen LogP contribution in [-0.2, 0) is 4.74 Å². The molecule has 0 aliphatic carbocycles. The highest BCUT2D eigenvalue weighted by atomic mass is 19.1. The highest BCUT2D eigenvalue weighted by molar-refractivity contribution is 6.32. The summed E-state index contributed by atoms with van der Waals surface area (Å²) >= 11 is 0. The molecule has 0 spiro atoms. The van der Waals surface area contributed by atoms with Gasteiger partial charge in [0, 0.05) is 11.6 Å². The quantitative estimate of drug-likeness (QED) is 0.368. The van der Waals surface area contributed by atoms with Gasteiger partial charge in [-0.3, -0.25) is 10.1 Å². The van der Waals surface area contributed by atoms with E-state index in [1.165, 1.54) is 36.4 Å². The number of nitro groups is 1. The van der Waals surface area contributed by atoms with Crippen LogP contribution in [0.3, 0.4) is 0 Å². The average molecular weight is 295 g/mol. The summed E-state index contributed by atoms with van der Waals surface area (Å²) in [6.07, 6.45) is 1.48. The molecule has 0 fully saturated rings. The standard InChI is InChI=1S/C15H7BFNO4/c16-10-6-8(4-5-11(10)17)7-13-9-2-1-3-12(18(20)21)14(9)15(19)22-13/h1-7H/b13-7-. The number of esters is 1. The molecule has 0 unspecified atom stereocenters. The third-order valence-electron chi connectivity index (χ3n) is 3.23. The first-order valence-corrected chi connectivity index (χ1v) is 6.24. The van der Waals surface area contributed by atoms with Gasteiger partial charge in [-0.1, -0.05) is 23.7 Å². The number of hydrogen-bond acceptors (Lipinski definition) is 4. The van der Waals surface area contributed by atoms with Crippen LogP contribution >= 0.6 is 0 Å². The summed E-state index contributed by atoms with van der Waals surface area (Å²) in [5.41, 5.74) is 0.388. The molecule has 0 N–H and O–H groups in total. The Balaban J connectivity index is 2.11. The van der Waals surface area contributed by atoms with E-state index in [0.717, 1.165) is 0 Å². The van der Waals surface area contributed by atoms with Crippen LogP contribution in [0, 0.1) is 15.9 Å². The van der Waals surface area contributed by atoms with E-state index in [4.69, 9.17) is 12.6 Å². The Morgan fingerprint density at radius 3 is 2.73 bits per heavy atom. The summed E-state index contributed by atoms with van der Waals surface area (Å²) in [5, 5.41) is 11.0. The minimum absolute atomic E-state index is 0.0436. The fourth-order valence-electron chi connectivity index (χ4n) is 2.23. The molecule has 2 aromatic rings. The largest absolute Gasteiger partial charge is 0.422 e. The second-order valence-electron chi connectivity index (χ2n) is 4.64. The number of benzene rings is 2. The Hall–Kier alpha value is -2.96. The number of nitro benzene ring substituents is 1. The molecule has 2 aromatic carbocycles. The number of carbonyl (C=O) groups is 1. The van der Waals surface area contributed by atoms with Crippen molar-refractivity contribution in [3.63, 3.8) is 0 Å². The predicted octanol–water partition coefficient (Wildman–Crippen LogP) is 2.20. The monoisotopic (exact) mass is 295 g/mol. The number of cyclic esters (lactones) is 1. The van der Waals surface area contributed by atoms with Crippen LogP contribution in [0.15, 0.2) is 36.4 Å². The molecule has 0 amide bonds. The normalized spacial score (nSPS) is 14.8.